The second-order valence-electron chi connectivity index (χ2n) is 8.87. The van der Waals surface area contributed by atoms with E-state index in [4.69, 9.17) is 16.3 Å². The normalized spacial score (nSPS) is 20.8. The molecule has 0 unspecified atom stereocenters. The Morgan fingerprint density at radius 1 is 1.21 bits per heavy atom. The smallest absolute Gasteiger partial charge is 0.356 e. The minimum absolute atomic E-state index is 0.0368. The Hall–Kier alpha value is -3.10. The standard InChI is InChI=1S/C24H25ClN4O4/c1-13(28-10-14-8-15(12-28)19-4-3-5-20(30)29(19)11-14)23(31)27-21-17-9-16(25)6-7-18(17)26-22(21)24(32)33-2/h3-7,9,13-15,26H,8,10-12H2,1-2H3,(H,27,31)/t13-,14-,15+/m1/s1. The average Bonchev–Trinajstić information content (AvgIpc) is 3.16. The molecule has 2 N–H and O–H groups in total. The first-order valence-electron chi connectivity index (χ1n) is 11.0. The van der Waals surface area contributed by atoms with E-state index in [-0.39, 0.29) is 23.1 Å². The minimum atomic E-state index is -0.570. The summed E-state index contributed by atoms with van der Waals surface area (Å²) in [6, 6.07) is 10.2. The fraction of sp³-hybridized carbons (Fsp3) is 0.375. The Morgan fingerprint density at radius 2 is 2.03 bits per heavy atom. The van der Waals surface area contributed by atoms with Crippen LogP contribution in [0.3, 0.4) is 0 Å². The molecule has 1 fully saturated rings. The van der Waals surface area contributed by atoms with E-state index in [0.29, 0.717) is 40.6 Å². The van der Waals surface area contributed by atoms with Crippen LogP contribution in [0.5, 0.6) is 0 Å². The zero-order valence-corrected chi connectivity index (χ0v) is 19.2. The van der Waals surface area contributed by atoms with E-state index >= 15 is 0 Å². The van der Waals surface area contributed by atoms with Crippen LogP contribution in [-0.4, -0.2) is 52.6 Å². The molecule has 2 aliphatic rings. The molecule has 172 valence electrons. The minimum Gasteiger partial charge on any atom is -0.464 e. The van der Waals surface area contributed by atoms with Crippen LogP contribution in [0.1, 0.15) is 35.4 Å². The van der Waals surface area contributed by atoms with Crippen molar-refractivity contribution in [2.75, 3.05) is 25.5 Å². The quantitative estimate of drug-likeness (QED) is 0.573. The molecule has 2 aromatic heterocycles. The zero-order chi connectivity index (χ0) is 23.3. The highest BCUT2D eigenvalue weighted by molar-refractivity contribution is 6.31. The second kappa shape index (κ2) is 8.35. The number of pyridine rings is 1. The van der Waals surface area contributed by atoms with Crippen LogP contribution in [0, 0.1) is 5.92 Å². The topological polar surface area (TPSA) is 96.4 Å². The molecule has 2 bridgehead atoms. The fourth-order valence-electron chi connectivity index (χ4n) is 5.19. The van der Waals surface area contributed by atoms with Gasteiger partial charge in [-0.1, -0.05) is 17.7 Å². The molecule has 0 saturated carbocycles. The van der Waals surface area contributed by atoms with Gasteiger partial charge in [-0.25, -0.2) is 4.79 Å². The van der Waals surface area contributed by atoms with Crippen molar-refractivity contribution in [3.8, 4) is 0 Å². The van der Waals surface area contributed by atoms with Crippen molar-refractivity contribution in [2.24, 2.45) is 5.92 Å². The van der Waals surface area contributed by atoms with Crippen molar-refractivity contribution >= 4 is 40.1 Å². The van der Waals surface area contributed by atoms with Gasteiger partial charge in [0, 0.05) is 53.2 Å². The zero-order valence-electron chi connectivity index (χ0n) is 18.4. The van der Waals surface area contributed by atoms with Crippen LogP contribution >= 0.6 is 11.6 Å². The van der Waals surface area contributed by atoms with Crippen LogP contribution in [-0.2, 0) is 16.1 Å². The van der Waals surface area contributed by atoms with Crippen molar-refractivity contribution in [3.63, 3.8) is 0 Å². The number of fused-ring (bicyclic) bond motifs is 5. The molecule has 0 aliphatic carbocycles. The highest BCUT2D eigenvalue weighted by atomic mass is 35.5. The number of nitrogens with zero attached hydrogens (tertiary/aromatic N) is 2. The number of H-pyrrole nitrogens is 1. The lowest BCUT2D eigenvalue weighted by molar-refractivity contribution is -0.121. The highest BCUT2D eigenvalue weighted by Crippen LogP contribution is 2.36. The molecule has 2 aliphatic heterocycles. The van der Waals surface area contributed by atoms with E-state index in [1.54, 1.807) is 30.3 Å². The van der Waals surface area contributed by atoms with Crippen molar-refractivity contribution in [1.82, 2.24) is 14.5 Å². The summed E-state index contributed by atoms with van der Waals surface area (Å²) in [5, 5.41) is 4.09. The lowest BCUT2D eigenvalue weighted by Gasteiger charge is -2.44. The number of hydrogen-bond acceptors (Lipinski definition) is 5. The van der Waals surface area contributed by atoms with Gasteiger partial charge in [0.15, 0.2) is 0 Å². The number of carbonyl (C=O) groups excluding carboxylic acids is 2. The van der Waals surface area contributed by atoms with E-state index < -0.39 is 12.0 Å². The Labute approximate surface area is 195 Å². The lowest BCUT2D eigenvalue weighted by Crippen LogP contribution is -2.52. The van der Waals surface area contributed by atoms with E-state index in [2.05, 4.69) is 15.2 Å². The van der Waals surface area contributed by atoms with Gasteiger partial charge in [-0.15, -0.1) is 0 Å². The van der Waals surface area contributed by atoms with Gasteiger partial charge in [-0.2, -0.15) is 0 Å². The number of aromatic amines is 1. The summed E-state index contributed by atoms with van der Waals surface area (Å²) in [6.45, 7) is 3.96. The number of nitrogens with one attached hydrogen (secondary N) is 2. The van der Waals surface area contributed by atoms with Gasteiger partial charge in [0.25, 0.3) is 5.56 Å². The Bertz CT molecular complexity index is 1310. The van der Waals surface area contributed by atoms with Gasteiger partial charge in [0.2, 0.25) is 5.91 Å². The number of aromatic nitrogens is 2. The number of anilines is 1. The second-order valence-corrected chi connectivity index (χ2v) is 9.31. The van der Waals surface area contributed by atoms with Gasteiger partial charge >= 0.3 is 5.97 Å². The summed E-state index contributed by atoms with van der Waals surface area (Å²) in [4.78, 5) is 43.1. The van der Waals surface area contributed by atoms with Crippen molar-refractivity contribution in [3.05, 3.63) is 63.2 Å². The SMILES string of the molecule is COC(=O)c1[nH]c2ccc(Cl)cc2c1NC(=O)[C@@H](C)N1C[C@H]2C[C@@H](C1)c1cccc(=O)n1C2. The third-order valence-electron chi connectivity index (χ3n) is 6.83. The molecule has 0 radical (unpaired) electrons. The summed E-state index contributed by atoms with van der Waals surface area (Å²) >= 11 is 6.17. The van der Waals surface area contributed by atoms with Crippen LogP contribution in [0.2, 0.25) is 5.02 Å². The highest BCUT2D eigenvalue weighted by Gasteiger charge is 2.37. The van der Waals surface area contributed by atoms with Crippen LogP contribution in [0.4, 0.5) is 5.69 Å². The first kappa shape index (κ1) is 21.7. The maximum Gasteiger partial charge on any atom is 0.356 e. The van der Waals surface area contributed by atoms with Crippen molar-refractivity contribution in [2.45, 2.75) is 31.8 Å². The van der Waals surface area contributed by atoms with Crippen LogP contribution in [0.15, 0.2) is 41.2 Å². The van der Waals surface area contributed by atoms with Gasteiger partial charge < -0.3 is 19.6 Å². The molecule has 8 nitrogen and oxygen atoms in total. The third-order valence-corrected chi connectivity index (χ3v) is 7.07. The van der Waals surface area contributed by atoms with Crippen molar-refractivity contribution in [1.29, 1.82) is 0 Å². The van der Waals surface area contributed by atoms with Gasteiger partial charge in [-0.3, -0.25) is 14.5 Å². The number of carbonyl (C=O) groups is 2. The molecule has 5 rings (SSSR count). The molecule has 1 amide bonds. The van der Waals surface area contributed by atoms with Crippen molar-refractivity contribution < 1.29 is 14.3 Å². The maximum atomic E-state index is 13.3. The monoisotopic (exact) mass is 468 g/mol. The van der Waals surface area contributed by atoms with Crippen LogP contribution in [0.25, 0.3) is 10.9 Å². The number of methoxy groups -OCH3 is 1. The number of rotatable bonds is 4. The third kappa shape index (κ3) is 3.83. The van der Waals surface area contributed by atoms with E-state index in [1.807, 2.05) is 17.6 Å². The summed E-state index contributed by atoms with van der Waals surface area (Å²) in [5.74, 6) is -0.269. The first-order valence-corrected chi connectivity index (χ1v) is 11.4. The average molecular weight is 469 g/mol. The lowest BCUT2D eigenvalue weighted by atomic mass is 9.82. The van der Waals surface area contributed by atoms with Gasteiger partial charge in [0.05, 0.1) is 18.8 Å². The number of ether oxygens (including phenoxy) is 1. The largest absolute Gasteiger partial charge is 0.464 e. The summed E-state index contributed by atoms with van der Waals surface area (Å²) in [6.07, 6.45) is 1.02. The Kier molecular flexibility index (Phi) is 5.50. The molecule has 0 spiro atoms. The van der Waals surface area contributed by atoms with Gasteiger partial charge in [0.1, 0.15) is 5.69 Å². The number of esters is 1. The van der Waals surface area contributed by atoms with E-state index in [9.17, 15) is 14.4 Å². The predicted octanol–water partition coefficient (Wildman–Crippen LogP) is 3.22. The number of likely N-dealkylation sites (tertiary alicyclic amines) is 1. The Balaban J connectivity index is 1.40. The van der Waals surface area contributed by atoms with Gasteiger partial charge in [-0.05, 0) is 43.5 Å². The number of piperidine rings is 1. The molecule has 3 aromatic rings. The molecule has 9 heteroatoms. The van der Waals surface area contributed by atoms with Crippen LogP contribution < -0.4 is 10.9 Å². The molecular weight excluding hydrogens is 444 g/mol. The molecule has 1 saturated heterocycles. The molecular formula is C24H25ClN4O4. The molecule has 3 atom stereocenters. The molecule has 33 heavy (non-hydrogen) atoms. The number of benzene rings is 1. The van der Waals surface area contributed by atoms with E-state index in [1.165, 1.54) is 7.11 Å². The molecule has 1 aromatic carbocycles. The summed E-state index contributed by atoms with van der Waals surface area (Å²) < 4.78 is 6.77. The van der Waals surface area contributed by atoms with E-state index in [0.717, 1.165) is 18.7 Å². The summed E-state index contributed by atoms with van der Waals surface area (Å²) in [5.41, 5.74) is 2.30. The number of hydrogen-bond donors (Lipinski definition) is 2. The summed E-state index contributed by atoms with van der Waals surface area (Å²) in [7, 11) is 1.30. The fourth-order valence-corrected chi connectivity index (χ4v) is 5.36. The number of halogens is 1. The Morgan fingerprint density at radius 3 is 2.82 bits per heavy atom. The predicted molar refractivity (Wildman–Crippen MR) is 126 cm³/mol. The molecule has 4 heterocycles. The number of amides is 1. The maximum absolute atomic E-state index is 13.3. The first-order chi connectivity index (χ1) is 15.9.